The first-order valence-electron chi connectivity index (χ1n) is 5.04. The number of hydrogen-bond acceptors (Lipinski definition) is 3. The van der Waals surface area contributed by atoms with Gasteiger partial charge in [-0.05, 0) is 34.1 Å². The van der Waals surface area contributed by atoms with Gasteiger partial charge < -0.3 is 10.0 Å². The van der Waals surface area contributed by atoms with Gasteiger partial charge in [-0.1, -0.05) is 0 Å². The number of aldehydes is 1. The lowest BCUT2D eigenvalue weighted by atomic mass is 10.2. The predicted octanol–water partition coefficient (Wildman–Crippen LogP) is 2.62. The van der Waals surface area contributed by atoms with E-state index in [-0.39, 0.29) is 12.2 Å². The zero-order valence-corrected chi connectivity index (χ0v) is 10.8. The lowest BCUT2D eigenvalue weighted by molar-refractivity contribution is -0.119. The largest absolute Gasteiger partial charge is 0.405 e. The van der Waals surface area contributed by atoms with Crippen LogP contribution < -0.4 is 4.90 Å². The highest BCUT2D eigenvalue weighted by Gasteiger charge is 2.31. The molecule has 3 nitrogen and oxygen atoms in total. The van der Waals surface area contributed by atoms with Gasteiger partial charge in [0, 0.05) is 16.6 Å². The van der Waals surface area contributed by atoms with Crippen LogP contribution in [0.25, 0.3) is 0 Å². The van der Waals surface area contributed by atoms with Crippen molar-refractivity contribution in [3.8, 4) is 0 Å². The van der Waals surface area contributed by atoms with E-state index in [4.69, 9.17) is 5.11 Å². The molecule has 7 heteroatoms. The summed E-state index contributed by atoms with van der Waals surface area (Å²) in [7, 11) is 0. The number of halogens is 4. The fourth-order valence-electron chi connectivity index (χ4n) is 1.47. The van der Waals surface area contributed by atoms with Crippen molar-refractivity contribution in [2.75, 3.05) is 24.6 Å². The first kappa shape index (κ1) is 15.0. The summed E-state index contributed by atoms with van der Waals surface area (Å²) in [5.74, 6) is 0. The van der Waals surface area contributed by atoms with Crippen LogP contribution >= 0.6 is 15.9 Å². The van der Waals surface area contributed by atoms with Gasteiger partial charge in [0.1, 0.15) is 12.8 Å². The van der Waals surface area contributed by atoms with E-state index >= 15 is 0 Å². The van der Waals surface area contributed by atoms with Gasteiger partial charge in [-0.15, -0.1) is 0 Å². The number of benzene rings is 1. The molecular formula is C11H11BrF3NO2. The maximum atomic E-state index is 12.4. The van der Waals surface area contributed by atoms with Crippen molar-refractivity contribution in [1.82, 2.24) is 0 Å². The van der Waals surface area contributed by atoms with Gasteiger partial charge in [0.25, 0.3) is 0 Å². The van der Waals surface area contributed by atoms with Crippen molar-refractivity contribution in [3.05, 3.63) is 28.2 Å². The van der Waals surface area contributed by atoms with Gasteiger partial charge in [0.05, 0.1) is 12.3 Å². The van der Waals surface area contributed by atoms with Crippen molar-refractivity contribution in [3.63, 3.8) is 0 Å². The molecule has 0 aliphatic rings. The Bertz CT molecular complexity index is 423. The zero-order valence-electron chi connectivity index (χ0n) is 9.25. The highest BCUT2D eigenvalue weighted by molar-refractivity contribution is 9.10. The Balaban J connectivity index is 3.01. The van der Waals surface area contributed by atoms with E-state index in [0.717, 1.165) is 4.90 Å². The topological polar surface area (TPSA) is 40.5 Å². The van der Waals surface area contributed by atoms with Gasteiger partial charge in [0.2, 0.25) is 0 Å². The molecule has 0 spiro atoms. The molecule has 0 unspecified atom stereocenters. The van der Waals surface area contributed by atoms with Crippen LogP contribution in [0, 0.1) is 0 Å². The third kappa shape index (κ3) is 4.30. The first-order chi connectivity index (χ1) is 8.37. The van der Waals surface area contributed by atoms with Crippen LogP contribution in [0.3, 0.4) is 0 Å². The van der Waals surface area contributed by atoms with E-state index in [1.54, 1.807) is 0 Å². The fraction of sp³-hybridized carbons (Fsp3) is 0.364. The minimum atomic E-state index is -4.36. The molecule has 1 N–H and O–H groups in total. The molecule has 18 heavy (non-hydrogen) atoms. The van der Waals surface area contributed by atoms with E-state index in [0.29, 0.717) is 16.3 Å². The van der Waals surface area contributed by atoms with Crippen LogP contribution in [0.15, 0.2) is 22.7 Å². The molecule has 1 aromatic carbocycles. The quantitative estimate of drug-likeness (QED) is 0.846. The fourth-order valence-corrected chi connectivity index (χ4v) is 2.12. The minimum Gasteiger partial charge on any atom is -0.395 e. The molecule has 0 amide bonds. The summed E-state index contributed by atoms with van der Waals surface area (Å²) in [5, 5.41) is 8.81. The Morgan fingerprint density at radius 1 is 1.39 bits per heavy atom. The number of aliphatic hydroxyl groups is 1. The van der Waals surface area contributed by atoms with Gasteiger partial charge in [-0.3, -0.25) is 4.79 Å². The van der Waals surface area contributed by atoms with Gasteiger partial charge in [-0.25, -0.2) is 0 Å². The summed E-state index contributed by atoms with van der Waals surface area (Å²) in [5.41, 5.74) is 0.647. The van der Waals surface area contributed by atoms with Crippen LogP contribution in [-0.2, 0) is 0 Å². The molecule has 0 atom stereocenters. The second-order valence-corrected chi connectivity index (χ2v) is 4.44. The maximum absolute atomic E-state index is 12.4. The summed E-state index contributed by atoms with van der Waals surface area (Å²) in [6.07, 6.45) is -3.76. The van der Waals surface area contributed by atoms with Crippen LogP contribution in [0.2, 0.25) is 0 Å². The summed E-state index contributed by atoms with van der Waals surface area (Å²) in [6, 6.07) is 4.27. The SMILES string of the molecule is O=Cc1ccc(N(CCO)CC(F)(F)F)c(Br)c1. The molecule has 1 rings (SSSR count). The number of carbonyl (C=O) groups excluding carboxylic acids is 1. The van der Waals surface area contributed by atoms with E-state index in [1.165, 1.54) is 18.2 Å². The molecule has 0 saturated heterocycles. The van der Waals surface area contributed by atoms with Crippen LogP contribution in [0.4, 0.5) is 18.9 Å². The highest BCUT2D eigenvalue weighted by Crippen LogP contribution is 2.29. The van der Waals surface area contributed by atoms with Gasteiger partial charge >= 0.3 is 6.18 Å². The van der Waals surface area contributed by atoms with Gasteiger partial charge in [-0.2, -0.15) is 13.2 Å². The molecule has 0 saturated carbocycles. The van der Waals surface area contributed by atoms with Gasteiger partial charge in [0.15, 0.2) is 0 Å². The first-order valence-corrected chi connectivity index (χ1v) is 5.84. The number of hydrogen-bond donors (Lipinski definition) is 1. The Hall–Kier alpha value is -1.08. The normalized spacial score (nSPS) is 11.4. The molecule has 0 aliphatic heterocycles. The molecule has 0 aromatic heterocycles. The van der Waals surface area contributed by atoms with Crippen molar-refractivity contribution in [2.24, 2.45) is 0 Å². The number of rotatable bonds is 5. The Morgan fingerprint density at radius 3 is 2.50 bits per heavy atom. The lowest BCUT2D eigenvalue weighted by Crippen LogP contribution is -2.36. The Morgan fingerprint density at radius 2 is 2.06 bits per heavy atom. The van der Waals surface area contributed by atoms with Crippen molar-refractivity contribution in [1.29, 1.82) is 0 Å². The van der Waals surface area contributed by atoms with E-state index < -0.39 is 19.3 Å². The third-order valence-corrected chi connectivity index (χ3v) is 2.82. The smallest absolute Gasteiger partial charge is 0.395 e. The minimum absolute atomic E-state index is 0.140. The number of nitrogens with zero attached hydrogens (tertiary/aromatic N) is 1. The summed E-state index contributed by atoms with van der Waals surface area (Å²) in [4.78, 5) is 11.5. The number of alkyl halides is 3. The molecule has 100 valence electrons. The summed E-state index contributed by atoms with van der Waals surface area (Å²) >= 11 is 3.12. The van der Waals surface area contributed by atoms with Crippen molar-refractivity contribution < 1.29 is 23.1 Å². The number of aliphatic hydroxyl groups excluding tert-OH is 1. The number of anilines is 1. The van der Waals surface area contributed by atoms with Crippen LogP contribution in [-0.4, -0.2) is 37.3 Å². The van der Waals surface area contributed by atoms with Crippen LogP contribution in [0.1, 0.15) is 10.4 Å². The lowest BCUT2D eigenvalue weighted by Gasteiger charge is -2.26. The van der Waals surface area contributed by atoms with E-state index in [2.05, 4.69) is 15.9 Å². The number of carbonyl (C=O) groups is 1. The molecule has 0 aliphatic carbocycles. The predicted molar refractivity (Wildman–Crippen MR) is 64.9 cm³/mol. The van der Waals surface area contributed by atoms with E-state index in [9.17, 15) is 18.0 Å². The summed E-state index contributed by atoms with van der Waals surface area (Å²) < 4.78 is 37.6. The third-order valence-electron chi connectivity index (χ3n) is 2.19. The summed E-state index contributed by atoms with van der Waals surface area (Å²) in [6.45, 7) is -1.69. The molecular weight excluding hydrogens is 315 g/mol. The zero-order chi connectivity index (χ0) is 13.8. The van der Waals surface area contributed by atoms with Crippen LogP contribution in [0.5, 0.6) is 0 Å². The molecule has 0 bridgehead atoms. The second kappa shape index (κ2) is 6.19. The second-order valence-electron chi connectivity index (χ2n) is 3.59. The van der Waals surface area contributed by atoms with Crippen molar-refractivity contribution in [2.45, 2.75) is 6.18 Å². The van der Waals surface area contributed by atoms with Crippen molar-refractivity contribution >= 4 is 27.9 Å². The Kier molecular flexibility index (Phi) is 5.15. The average molecular weight is 326 g/mol. The maximum Gasteiger partial charge on any atom is 0.405 e. The monoisotopic (exact) mass is 325 g/mol. The molecule has 0 radical (unpaired) electrons. The standard InChI is InChI=1S/C11H11BrF3NO2/c12-9-5-8(6-18)1-2-10(9)16(3-4-17)7-11(13,14)15/h1-2,5-6,17H,3-4,7H2. The Labute approximate surface area is 110 Å². The molecule has 1 aromatic rings. The van der Waals surface area contributed by atoms with E-state index in [1.807, 2.05) is 0 Å². The molecule has 0 heterocycles. The average Bonchev–Trinajstić information content (AvgIpc) is 2.26. The molecule has 0 fully saturated rings. The highest BCUT2D eigenvalue weighted by atomic mass is 79.9.